The highest BCUT2D eigenvalue weighted by molar-refractivity contribution is 8.03. The van der Waals surface area contributed by atoms with Crippen molar-refractivity contribution in [3.8, 4) is 0 Å². The Morgan fingerprint density at radius 2 is 2.00 bits per heavy atom. The van der Waals surface area contributed by atoms with E-state index in [-0.39, 0.29) is 5.82 Å². The largest absolute Gasteiger partial charge is 0.363 e. The van der Waals surface area contributed by atoms with Gasteiger partial charge in [0.2, 0.25) is 0 Å². The molecule has 5 heteroatoms. The molecule has 25 heavy (non-hydrogen) atoms. The molecule has 0 unspecified atom stereocenters. The molecule has 1 aromatic carbocycles. The van der Waals surface area contributed by atoms with Crippen molar-refractivity contribution in [2.75, 3.05) is 18.8 Å². The summed E-state index contributed by atoms with van der Waals surface area (Å²) in [6.07, 6.45) is 13.6. The molecular formula is C20H24FN3S. The Kier molecular flexibility index (Phi) is 6.74. The summed E-state index contributed by atoms with van der Waals surface area (Å²) in [4.78, 5) is 2.44. The summed E-state index contributed by atoms with van der Waals surface area (Å²) < 4.78 is 14.9. The van der Waals surface area contributed by atoms with Crippen LogP contribution in [-0.2, 0) is 13.0 Å². The fourth-order valence-electron chi connectivity index (χ4n) is 2.84. The van der Waals surface area contributed by atoms with E-state index in [2.05, 4.69) is 28.2 Å². The van der Waals surface area contributed by atoms with Gasteiger partial charge in [-0.1, -0.05) is 24.3 Å². The summed E-state index contributed by atoms with van der Waals surface area (Å²) in [6.45, 7) is 2.98. The van der Waals surface area contributed by atoms with Crippen LogP contribution in [0.3, 0.4) is 0 Å². The number of thioether (sulfide) groups is 1. The minimum atomic E-state index is -0.164. The highest BCUT2D eigenvalue weighted by Crippen LogP contribution is 2.24. The number of aromatic nitrogens is 2. The van der Waals surface area contributed by atoms with Gasteiger partial charge < -0.3 is 4.90 Å². The van der Waals surface area contributed by atoms with Gasteiger partial charge in [0.05, 0.1) is 5.03 Å². The molecule has 0 N–H and O–H groups in total. The standard InChI is InChI=1S/C20H24FN3S/c21-19-10-8-18(9-11-19)6-3-17-25-20-7-1-2-13-23(20)14-5-16-24-15-4-12-22-24/h1-2,4,7-12,15H,3,5-6,13-14,16-17H2. The van der Waals surface area contributed by atoms with Gasteiger partial charge in [-0.05, 0) is 54.9 Å². The fraction of sp³-hybridized carbons (Fsp3) is 0.350. The van der Waals surface area contributed by atoms with Gasteiger partial charge in [-0.3, -0.25) is 4.68 Å². The first-order valence-electron chi connectivity index (χ1n) is 8.78. The lowest BCUT2D eigenvalue weighted by atomic mass is 10.1. The maximum absolute atomic E-state index is 12.9. The maximum Gasteiger partial charge on any atom is 0.123 e. The summed E-state index contributed by atoms with van der Waals surface area (Å²) in [5.41, 5.74) is 1.20. The van der Waals surface area contributed by atoms with E-state index in [0.717, 1.165) is 44.6 Å². The van der Waals surface area contributed by atoms with Crippen molar-refractivity contribution < 1.29 is 4.39 Å². The number of nitrogens with zero attached hydrogens (tertiary/aromatic N) is 3. The fourth-order valence-corrected chi connectivity index (χ4v) is 3.86. The van der Waals surface area contributed by atoms with Crippen molar-refractivity contribution in [2.45, 2.75) is 25.8 Å². The minimum Gasteiger partial charge on any atom is -0.363 e. The van der Waals surface area contributed by atoms with E-state index in [4.69, 9.17) is 0 Å². The molecule has 0 spiro atoms. The van der Waals surface area contributed by atoms with Crippen molar-refractivity contribution in [2.24, 2.45) is 0 Å². The summed E-state index contributed by atoms with van der Waals surface area (Å²) in [6, 6.07) is 8.80. The second-order valence-corrected chi connectivity index (χ2v) is 7.20. The van der Waals surface area contributed by atoms with Gasteiger partial charge in [0, 0.05) is 32.0 Å². The topological polar surface area (TPSA) is 21.1 Å². The number of benzene rings is 1. The van der Waals surface area contributed by atoms with E-state index in [1.807, 2.05) is 47.0 Å². The first kappa shape index (κ1) is 17.8. The second-order valence-electron chi connectivity index (χ2n) is 6.08. The molecule has 0 amide bonds. The van der Waals surface area contributed by atoms with Crippen LogP contribution in [0, 0.1) is 5.82 Å². The molecule has 1 aromatic heterocycles. The van der Waals surface area contributed by atoms with Crippen molar-refractivity contribution in [3.05, 3.63) is 77.4 Å². The van der Waals surface area contributed by atoms with Gasteiger partial charge in [0.15, 0.2) is 0 Å². The van der Waals surface area contributed by atoms with E-state index in [1.165, 1.54) is 22.7 Å². The van der Waals surface area contributed by atoms with Crippen molar-refractivity contribution in [3.63, 3.8) is 0 Å². The van der Waals surface area contributed by atoms with Crippen molar-refractivity contribution >= 4 is 11.8 Å². The molecule has 2 aromatic rings. The Bertz CT molecular complexity index is 692. The van der Waals surface area contributed by atoms with Gasteiger partial charge in [-0.15, -0.1) is 11.8 Å². The van der Waals surface area contributed by atoms with Crippen LogP contribution >= 0.6 is 11.8 Å². The molecule has 0 bridgehead atoms. The lowest BCUT2D eigenvalue weighted by Crippen LogP contribution is -2.25. The van der Waals surface area contributed by atoms with Crippen LogP contribution < -0.4 is 0 Å². The molecule has 132 valence electrons. The van der Waals surface area contributed by atoms with Crippen LogP contribution in [0.1, 0.15) is 18.4 Å². The Morgan fingerprint density at radius 1 is 1.12 bits per heavy atom. The molecule has 3 rings (SSSR count). The molecule has 0 saturated carbocycles. The Labute approximate surface area is 153 Å². The number of halogens is 1. The summed E-state index contributed by atoms with van der Waals surface area (Å²) in [5, 5.41) is 5.60. The van der Waals surface area contributed by atoms with E-state index >= 15 is 0 Å². The maximum atomic E-state index is 12.9. The SMILES string of the molecule is Fc1ccc(CCCSC2=CC=CCN2CCCn2cccn2)cc1. The predicted molar refractivity (Wildman–Crippen MR) is 103 cm³/mol. The third-order valence-electron chi connectivity index (χ3n) is 4.16. The molecule has 1 aliphatic heterocycles. The van der Waals surface area contributed by atoms with Gasteiger partial charge in [0.25, 0.3) is 0 Å². The first-order valence-corrected chi connectivity index (χ1v) is 9.76. The summed E-state index contributed by atoms with van der Waals surface area (Å²) >= 11 is 1.92. The second kappa shape index (κ2) is 9.47. The Morgan fingerprint density at radius 3 is 2.80 bits per heavy atom. The molecule has 3 nitrogen and oxygen atoms in total. The lowest BCUT2D eigenvalue weighted by molar-refractivity contribution is 0.375. The number of hydrogen-bond acceptors (Lipinski definition) is 3. The first-order chi connectivity index (χ1) is 12.3. The van der Waals surface area contributed by atoms with Crippen LogP contribution in [0.2, 0.25) is 0 Å². The average molecular weight is 357 g/mol. The highest BCUT2D eigenvalue weighted by atomic mass is 32.2. The van der Waals surface area contributed by atoms with Gasteiger partial charge in [-0.25, -0.2) is 4.39 Å². The normalized spacial score (nSPS) is 14.0. The molecule has 0 radical (unpaired) electrons. The number of rotatable bonds is 9. The third kappa shape index (κ3) is 5.78. The third-order valence-corrected chi connectivity index (χ3v) is 5.34. The quantitative estimate of drug-likeness (QED) is 0.617. The molecular weight excluding hydrogens is 333 g/mol. The van der Waals surface area contributed by atoms with Gasteiger partial charge >= 0.3 is 0 Å². The minimum absolute atomic E-state index is 0.164. The Balaban J connectivity index is 1.39. The molecule has 1 aliphatic rings. The zero-order valence-corrected chi connectivity index (χ0v) is 15.2. The predicted octanol–water partition coefficient (Wildman–Crippen LogP) is 4.49. The average Bonchev–Trinajstić information content (AvgIpc) is 3.15. The van der Waals surface area contributed by atoms with Crippen LogP contribution in [0.4, 0.5) is 4.39 Å². The van der Waals surface area contributed by atoms with Gasteiger partial charge in [-0.2, -0.15) is 5.10 Å². The molecule has 0 fully saturated rings. The van der Waals surface area contributed by atoms with Gasteiger partial charge in [0.1, 0.15) is 5.82 Å². The van der Waals surface area contributed by atoms with E-state index in [1.54, 1.807) is 0 Å². The molecule has 2 heterocycles. The highest BCUT2D eigenvalue weighted by Gasteiger charge is 2.11. The zero-order valence-electron chi connectivity index (χ0n) is 14.4. The molecule has 0 saturated heterocycles. The van der Waals surface area contributed by atoms with E-state index in [9.17, 15) is 4.39 Å². The molecule has 0 atom stereocenters. The molecule has 0 aliphatic carbocycles. The zero-order chi connectivity index (χ0) is 17.3. The monoisotopic (exact) mass is 357 g/mol. The van der Waals surface area contributed by atoms with Crippen LogP contribution in [0.5, 0.6) is 0 Å². The van der Waals surface area contributed by atoms with Crippen LogP contribution in [0.25, 0.3) is 0 Å². The lowest BCUT2D eigenvalue weighted by Gasteiger charge is -2.27. The summed E-state index contributed by atoms with van der Waals surface area (Å²) in [5.74, 6) is 0.912. The number of hydrogen-bond donors (Lipinski definition) is 0. The van der Waals surface area contributed by atoms with E-state index < -0.39 is 0 Å². The van der Waals surface area contributed by atoms with E-state index in [0.29, 0.717) is 0 Å². The van der Waals surface area contributed by atoms with Crippen molar-refractivity contribution in [1.82, 2.24) is 14.7 Å². The van der Waals surface area contributed by atoms with Crippen LogP contribution in [0.15, 0.2) is 66.0 Å². The van der Waals surface area contributed by atoms with Crippen molar-refractivity contribution in [1.29, 1.82) is 0 Å². The Hall–Kier alpha value is -2.01. The van der Waals surface area contributed by atoms with Crippen LogP contribution in [-0.4, -0.2) is 33.5 Å². The smallest absolute Gasteiger partial charge is 0.123 e. The number of aryl methyl sites for hydroxylation is 2. The summed E-state index contributed by atoms with van der Waals surface area (Å²) in [7, 11) is 0. The number of allylic oxidation sites excluding steroid dienone is 2.